The van der Waals surface area contributed by atoms with E-state index < -0.39 is 12.5 Å². The second-order valence-corrected chi connectivity index (χ2v) is 6.48. The standard InChI is InChI=1S/C19H14F2N6O3/c20-19(21)30-15-6-10-2-5-29-14(10)7-11(15)16-13(9-23-26-16)25-18(28)12-8-24-27-4-1-3-22-17(12)27/h1,3-4,6-9,19H,2,5H2,(H,23,26)(H,25,28). The summed E-state index contributed by atoms with van der Waals surface area (Å²) in [6.07, 6.45) is 6.66. The van der Waals surface area contributed by atoms with Crippen molar-refractivity contribution < 1.29 is 23.0 Å². The summed E-state index contributed by atoms with van der Waals surface area (Å²) >= 11 is 0. The first kappa shape index (κ1) is 18.0. The molecule has 0 unspecified atom stereocenters. The van der Waals surface area contributed by atoms with Crippen molar-refractivity contribution in [1.29, 1.82) is 0 Å². The molecule has 1 aromatic carbocycles. The smallest absolute Gasteiger partial charge is 0.387 e. The summed E-state index contributed by atoms with van der Waals surface area (Å²) in [6, 6.07) is 4.79. The predicted molar refractivity (Wildman–Crippen MR) is 101 cm³/mol. The molecule has 5 rings (SSSR count). The van der Waals surface area contributed by atoms with Crippen molar-refractivity contribution in [3.05, 3.63) is 54.1 Å². The monoisotopic (exact) mass is 412 g/mol. The minimum absolute atomic E-state index is 0.0468. The van der Waals surface area contributed by atoms with Crippen LogP contribution in [0.5, 0.6) is 11.5 Å². The first-order valence-corrected chi connectivity index (χ1v) is 8.98. The molecular weight excluding hydrogens is 398 g/mol. The van der Waals surface area contributed by atoms with E-state index in [2.05, 4.69) is 25.6 Å². The molecule has 0 aliphatic carbocycles. The van der Waals surface area contributed by atoms with E-state index in [1.807, 2.05) is 0 Å². The molecule has 4 aromatic rings. The Balaban J connectivity index is 1.51. The molecule has 1 amide bonds. The maximum atomic E-state index is 13.0. The Morgan fingerprint density at radius 3 is 3.13 bits per heavy atom. The van der Waals surface area contributed by atoms with E-state index in [0.29, 0.717) is 24.4 Å². The quantitative estimate of drug-likeness (QED) is 0.522. The number of nitrogens with one attached hydrogen (secondary N) is 2. The number of carbonyl (C=O) groups excluding carboxylic acids is 1. The molecular formula is C19H14F2N6O3. The molecule has 9 nitrogen and oxygen atoms in total. The Morgan fingerprint density at radius 1 is 1.37 bits per heavy atom. The number of amides is 1. The summed E-state index contributed by atoms with van der Waals surface area (Å²) in [6.45, 7) is -2.55. The van der Waals surface area contributed by atoms with Crippen molar-refractivity contribution in [3.8, 4) is 22.8 Å². The van der Waals surface area contributed by atoms with Crippen LogP contribution in [0, 0.1) is 0 Å². The van der Waals surface area contributed by atoms with Crippen molar-refractivity contribution in [3.63, 3.8) is 0 Å². The second kappa shape index (κ2) is 7.10. The van der Waals surface area contributed by atoms with Gasteiger partial charge in [-0.25, -0.2) is 9.50 Å². The number of hydrogen-bond donors (Lipinski definition) is 2. The van der Waals surface area contributed by atoms with E-state index >= 15 is 0 Å². The zero-order valence-electron chi connectivity index (χ0n) is 15.3. The van der Waals surface area contributed by atoms with Crippen LogP contribution in [-0.2, 0) is 6.42 Å². The predicted octanol–water partition coefficient (Wildman–Crippen LogP) is 2.91. The van der Waals surface area contributed by atoms with Crippen LogP contribution in [0.2, 0.25) is 0 Å². The van der Waals surface area contributed by atoms with Gasteiger partial charge in [-0.1, -0.05) is 0 Å². The first-order valence-electron chi connectivity index (χ1n) is 8.98. The topological polar surface area (TPSA) is 106 Å². The highest BCUT2D eigenvalue weighted by molar-refractivity contribution is 6.09. The Labute approximate surface area is 167 Å². The molecule has 0 saturated heterocycles. The van der Waals surface area contributed by atoms with Gasteiger partial charge in [0.05, 0.1) is 24.1 Å². The van der Waals surface area contributed by atoms with Crippen LogP contribution in [0.4, 0.5) is 14.5 Å². The zero-order valence-corrected chi connectivity index (χ0v) is 15.3. The number of alkyl halides is 2. The van der Waals surface area contributed by atoms with Crippen molar-refractivity contribution in [2.45, 2.75) is 13.0 Å². The maximum absolute atomic E-state index is 13.0. The van der Waals surface area contributed by atoms with Crippen LogP contribution in [0.15, 0.2) is 43.0 Å². The molecule has 0 radical (unpaired) electrons. The van der Waals surface area contributed by atoms with Gasteiger partial charge < -0.3 is 14.8 Å². The number of H-pyrrole nitrogens is 1. The van der Waals surface area contributed by atoms with E-state index in [-0.39, 0.29) is 28.3 Å². The van der Waals surface area contributed by atoms with Crippen molar-refractivity contribution in [2.75, 3.05) is 11.9 Å². The molecule has 0 atom stereocenters. The van der Waals surface area contributed by atoms with Gasteiger partial charge in [0.2, 0.25) is 0 Å². The van der Waals surface area contributed by atoms with E-state index in [0.717, 1.165) is 5.56 Å². The fourth-order valence-corrected chi connectivity index (χ4v) is 3.35. The number of benzene rings is 1. The fourth-order valence-electron chi connectivity index (χ4n) is 3.35. The third-order valence-electron chi connectivity index (χ3n) is 4.68. The minimum Gasteiger partial charge on any atom is -0.493 e. The molecule has 4 heterocycles. The minimum atomic E-state index is -3.01. The molecule has 11 heteroatoms. The summed E-state index contributed by atoms with van der Waals surface area (Å²) in [5.41, 5.74) is 2.20. The van der Waals surface area contributed by atoms with E-state index in [1.165, 1.54) is 23.0 Å². The number of ether oxygens (including phenoxy) is 2. The van der Waals surface area contributed by atoms with Gasteiger partial charge >= 0.3 is 6.61 Å². The number of nitrogens with zero attached hydrogens (tertiary/aromatic N) is 4. The summed E-state index contributed by atoms with van der Waals surface area (Å²) in [4.78, 5) is 17.0. The van der Waals surface area contributed by atoms with Crippen molar-refractivity contribution >= 4 is 17.2 Å². The number of rotatable bonds is 5. The van der Waals surface area contributed by atoms with Crippen LogP contribution < -0.4 is 14.8 Å². The molecule has 0 bridgehead atoms. The zero-order chi connectivity index (χ0) is 20.7. The van der Waals surface area contributed by atoms with Gasteiger partial charge in [-0.3, -0.25) is 9.89 Å². The maximum Gasteiger partial charge on any atom is 0.387 e. The largest absolute Gasteiger partial charge is 0.493 e. The molecule has 30 heavy (non-hydrogen) atoms. The SMILES string of the molecule is O=C(Nc1c[nH]nc1-c1cc2c(cc1OC(F)F)CCO2)c1cnn2cccnc12. The van der Waals surface area contributed by atoms with Crippen LogP contribution in [0.3, 0.4) is 0 Å². The highest BCUT2D eigenvalue weighted by Crippen LogP contribution is 2.41. The normalized spacial score (nSPS) is 12.8. The summed E-state index contributed by atoms with van der Waals surface area (Å²) in [5, 5.41) is 13.6. The Bertz CT molecular complexity index is 1250. The summed E-state index contributed by atoms with van der Waals surface area (Å²) < 4.78 is 37.7. The number of halogens is 2. The average molecular weight is 412 g/mol. The average Bonchev–Trinajstić information content (AvgIpc) is 3.45. The number of anilines is 1. The molecule has 0 fully saturated rings. The lowest BCUT2D eigenvalue weighted by molar-refractivity contribution is -0.0495. The van der Waals surface area contributed by atoms with Gasteiger partial charge in [0, 0.05) is 30.6 Å². The lowest BCUT2D eigenvalue weighted by Crippen LogP contribution is -2.12. The van der Waals surface area contributed by atoms with E-state index in [9.17, 15) is 13.6 Å². The van der Waals surface area contributed by atoms with Gasteiger partial charge in [0.15, 0.2) is 5.65 Å². The molecule has 2 N–H and O–H groups in total. The Morgan fingerprint density at radius 2 is 2.27 bits per heavy atom. The van der Waals surface area contributed by atoms with Gasteiger partial charge in [0.1, 0.15) is 22.8 Å². The number of carbonyl (C=O) groups is 1. The number of fused-ring (bicyclic) bond motifs is 2. The van der Waals surface area contributed by atoms with E-state index in [1.54, 1.807) is 24.5 Å². The van der Waals surface area contributed by atoms with Gasteiger partial charge in [0.25, 0.3) is 5.91 Å². The van der Waals surface area contributed by atoms with Crippen molar-refractivity contribution in [1.82, 2.24) is 24.8 Å². The lowest BCUT2D eigenvalue weighted by Gasteiger charge is -2.13. The van der Waals surface area contributed by atoms with Crippen LogP contribution >= 0.6 is 0 Å². The fraction of sp³-hybridized carbons (Fsp3) is 0.158. The van der Waals surface area contributed by atoms with Crippen molar-refractivity contribution in [2.24, 2.45) is 0 Å². The molecule has 152 valence electrons. The molecule has 1 aliphatic rings. The summed E-state index contributed by atoms with van der Waals surface area (Å²) in [7, 11) is 0. The van der Waals surface area contributed by atoms with Crippen LogP contribution in [0.25, 0.3) is 16.9 Å². The number of aromatic amines is 1. The van der Waals surface area contributed by atoms with Gasteiger partial charge in [-0.05, 0) is 18.2 Å². The second-order valence-electron chi connectivity index (χ2n) is 6.48. The highest BCUT2D eigenvalue weighted by atomic mass is 19.3. The number of aromatic nitrogens is 5. The third-order valence-corrected chi connectivity index (χ3v) is 4.68. The van der Waals surface area contributed by atoms with Crippen LogP contribution in [0.1, 0.15) is 15.9 Å². The lowest BCUT2D eigenvalue weighted by atomic mass is 10.0. The third kappa shape index (κ3) is 3.09. The first-order chi connectivity index (χ1) is 14.6. The molecule has 0 spiro atoms. The van der Waals surface area contributed by atoms with Gasteiger partial charge in [-0.2, -0.15) is 19.0 Å². The van der Waals surface area contributed by atoms with Crippen LogP contribution in [-0.4, -0.2) is 43.9 Å². The number of hydrogen-bond acceptors (Lipinski definition) is 6. The van der Waals surface area contributed by atoms with Gasteiger partial charge in [-0.15, -0.1) is 0 Å². The molecule has 1 aliphatic heterocycles. The molecule has 3 aromatic heterocycles. The summed E-state index contributed by atoms with van der Waals surface area (Å²) in [5.74, 6) is 0.0494. The Hall–Kier alpha value is -4.02. The highest BCUT2D eigenvalue weighted by Gasteiger charge is 2.24. The van der Waals surface area contributed by atoms with E-state index in [4.69, 9.17) is 9.47 Å². The Kier molecular flexibility index (Phi) is 4.27. The molecule has 0 saturated carbocycles.